The van der Waals surface area contributed by atoms with Crippen LogP contribution in [0.5, 0.6) is 0 Å². The third-order valence-electron chi connectivity index (χ3n) is 7.25. The van der Waals surface area contributed by atoms with E-state index in [1.807, 2.05) is 54.3 Å². The predicted octanol–water partition coefficient (Wildman–Crippen LogP) is 2.75. The molecule has 2 aromatic rings. The maximum Gasteiger partial charge on any atom is 0.253 e. The molecule has 0 bridgehead atoms. The Labute approximate surface area is 190 Å². The molecule has 6 nitrogen and oxygen atoms in total. The summed E-state index contributed by atoms with van der Waals surface area (Å²) in [5.74, 6) is -0.245. The van der Waals surface area contributed by atoms with Gasteiger partial charge in [0.05, 0.1) is 22.7 Å². The number of carbonyl (C=O) groups excluding carboxylic acids is 2. The van der Waals surface area contributed by atoms with Crippen LogP contribution in [0.4, 0.5) is 5.69 Å². The Morgan fingerprint density at radius 2 is 1.66 bits per heavy atom. The summed E-state index contributed by atoms with van der Waals surface area (Å²) in [6.07, 6.45) is 2.45. The quantitative estimate of drug-likeness (QED) is 0.790. The summed E-state index contributed by atoms with van der Waals surface area (Å²) >= 11 is 0. The summed E-state index contributed by atoms with van der Waals surface area (Å²) in [7, 11) is 0. The fourth-order valence-electron chi connectivity index (χ4n) is 5.55. The molecule has 3 aliphatic rings. The van der Waals surface area contributed by atoms with E-state index in [1.165, 1.54) is 18.4 Å². The van der Waals surface area contributed by atoms with Crippen molar-refractivity contribution in [3.8, 4) is 0 Å². The second-order valence-corrected chi connectivity index (χ2v) is 9.64. The van der Waals surface area contributed by atoms with E-state index in [1.54, 1.807) is 0 Å². The van der Waals surface area contributed by atoms with Gasteiger partial charge in [0, 0.05) is 32.7 Å². The molecule has 0 spiro atoms. The van der Waals surface area contributed by atoms with E-state index in [9.17, 15) is 9.59 Å². The predicted molar refractivity (Wildman–Crippen MR) is 126 cm³/mol. The van der Waals surface area contributed by atoms with Crippen LogP contribution in [0.1, 0.15) is 35.7 Å². The normalized spacial score (nSPS) is 26.4. The minimum absolute atomic E-state index is 0.0895. The minimum Gasteiger partial charge on any atom is -0.345 e. The van der Waals surface area contributed by atoms with Gasteiger partial charge in [0.1, 0.15) is 0 Å². The number of likely N-dealkylation sites (tertiary alicyclic amines) is 2. The lowest BCUT2D eigenvalue weighted by molar-refractivity contribution is -0.123. The Hall–Kier alpha value is -2.70. The number of benzene rings is 2. The third kappa shape index (κ3) is 4.05. The molecule has 3 heterocycles. The molecule has 0 aliphatic carbocycles. The lowest BCUT2D eigenvalue weighted by Gasteiger charge is -2.38. The van der Waals surface area contributed by atoms with E-state index in [2.05, 4.69) is 27.2 Å². The number of hydrogen-bond donors (Lipinski definition) is 1. The van der Waals surface area contributed by atoms with Gasteiger partial charge in [0.25, 0.3) is 5.91 Å². The van der Waals surface area contributed by atoms with Crippen LogP contribution >= 0.6 is 0 Å². The van der Waals surface area contributed by atoms with Crippen molar-refractivity contribution >= 4 is 17.5 Å². The number of rotatable bonds is 5. The maximum atomic E-state index is 14.0. The summed E-state index contributed by atoms with van der Waals surface area (Å²) in [5, 5.41) is 3.24. The van der Waals surface area contributed by atoms with Crippen molar-refractivity contribution < 1.29 is 9.59 Å². The number of nitrogens with zero attached hydrogens (tertiary/aromatic N) is 3. The zero-order chi connectivity index (χ0) is 22.1. The molecule has 2 amide bonds. The molecule has 2 aromatic carbocycles. The van der Waals surface area contributed by atoms with Crippen molar-refractivity contribution in [2.24, 2.45) is 5.92 Å². The Bertz CT molecular complexity index is 988. The van der Waals surface area contributed by atoms with Gasteiger partial charge in [-0.25, -0.2) is 0 Å². The summed E-state index contributed by atoms with van der Waals surface area (Å²) in [4.78, 5) is 33.9. The number of hydrogen-bond acceptors (Lipinski definition) is 4. The van der Waals surface area contributed by atoms with Gasteiger partial charge in [-0.3, -0.25) is 14.5 Å². The molecular formula is C26H32N4O2. The van der Waals surface area contributed by atoms with Crippen molar-refractivity contribution in [2.45, 2.75) is 31.8 Å². The van der Waals surface area contributed by atoms with Gasteiger partial charge in [0.2, 0.25) is 5.91 Å². The summed E-state index contributed by atoms with van der Waals surface area (Å²) in [6.45, 7) is 7.76. The highest BCUT2D eigenvalue weighted by Gasteiger charge is 2.50. The summed E-state index contributed by atoms with van der Waals surface area (Å²) in [5.41, 5.74) is 1.95. The van der Waals surface area contributed by atoms with Crippen LogP contribution in [0, 0.1) is 5.92 Å². The first-order valence-corrected chi connectivity index (χ1v) is 11.7. The van der Waals surface area contributed by atoms with Crippen molar-refractivity contribution in [3.05, 3.63) is 65.7 Å². The first kappa shape index (κ1) is 21.2. The first-order valence-electron chi connectivity index (χ1n) is 11.7. The van der Waals surface area contributed by atoms with E-state index in [4.69, 9.17) is 0 Å². The lowest BCUT2D eigenvalue weighted by atomic mass is 9.86. The van der Waals surface area contributed by atoms with E-state index in [-0.39, 0.29) is 17.7 Å². The third-order valence-corrected chi connectivity index (χ3v) is 7.25. The van der Waals surface area contributed by atoms with Crippen LogP contribution in [-0.4, -0.2) is 66.4 Å². The molecule has 0 aromatic heterocycles. The van der Waals surface area contributed by atoms with E-state index < -0.39 is 5.54 Å². The number of amides is 2. The molecule has 2 saturated heterocycles. The highest BCUT2D eigenvalue weighted by molar-refractivity contribution is 6.07. The van der Waals surface area contributed by atoms with Gasteiger partial charge in [0.15, 0.2) is 0 Å². The highest BCUT2D eigenvalue weighted by atomic mass is 16.2. The van der Waals surface area contributed by atoms with Gasteiger partial charge in [-0.2, -0.15) is 0 Å². The number of anilines is 1. The molecule has 5 rings (SSSR count). The smallest absolute Gasteiger partial charge is 0.253 e. The van der Waals surface area contributed by atoms with Crippen molar-refractivity contribution in [1.82, 2.24) is 15.1 Å². The van der Waals surface area contributed by atoms with Crippen LogP contribution in [0.15, 0.2) is 54.6 Å². The van der Waals surface area contributed by atoms with E-state index >= 15 is 0 Å². The van der Waals surface area contributed by atoms with Gasteiger partial charge in [-0.15, -0.1) is 0 Å². The van der Waals surface area contributed by atoms with E-state index in [0.29, 0.717) is 25.2 Å². The van der Waals surface area contributed by atoms with Crippen LogP contribution < -0.4 is 10.2 Å². The van der Waals surface area contributed by atoms with E-state index in [0.717, 1.165) is 31.9 Å². The largest absolute Gasteiger partial charge is 0.345 e. The van der Waals surface area contributed by atoms with Crippen molar-refractivity contribution in [3.63, 3.8) is 0 Å². The standard InChI is InChI=1S/C26H32N4O2/c1-26-19-29(17-20-9-3-2-4-10-20)18-22(26)25(32)30(16-15-28-13-7-8-14-28)23-12-6-5-11-21(23)24(31)27-26/h2-6,9-12,22H,7-8,13-19H2,1H3,(H,27,31)/t22-,26-/m0/s1. The molecule has 32 heavy (non-hydrogen) atoms. The monoisotopic (exact) mass is 432 g/mol. The Morgan fingerprint density at radius 1 is 0.938 bits per heavy atom. The second kappa shape index (κ2) is 8.68. The van der Waals surface area contributed by atoms with Crippen LogP contribution in [0.25, 0.3) is 0 Å². The zero-order valence-corrected chi connectivity index (χ0v) is 18.8. The molecular weight excluding hydrogens is 400 g/mol. The average molecular weight is 433 g/mol. The Kier molecular flexibility index (Phi) is 5.74. The fourth-order valence-corrected chi connectivity index (χ4v) is 5.55. The molecule has 6 heteroatoms. The second-order valence-electron chi connectivity index (χ2n) is 9.64. The maximum absolute atomic E-state index is 14.0. The van der Waals surface area contributed by atoms with Crippen molar-refractivity contribution in [1.29, 1.82) is 0 Å². The van der Waals surface area contributed by atoms with Gasteiger partial charge >= 0.3 is 0 Å². The molecule has 2 fully saturated rings. The molecule has 0 radical (unpaired) electrons. The molecule has 2 atom stereocenters. The molecule has 0 unspecified atom stereocenters. The highest BCUT2D eigenvalue weighted by Crippen LogP contribution is 2.35. The van der Waals surface area contributed by atoms with Crippen LogP contribution in [0.3, 0.4) is 0 Å². The molecule has 1 N–H and O–H groups in total. The summed E-state index contributed by atoms with van der Waals surface area (Å²) < 4.78 is 0. The number of nitrogens with one attached hydrogen (secondary N) is 1. The topological polar surface area (TPSA) is 55.9 Å². The Morgan fingerprint density at radius 3 is 2.44 bits per heavy atom. The van der Waals surface area contributed by atoms with Crippen LogP contribution in [-0.2, 0) is 11.3 Å². The Balaban J connectivity index is 1.44. The fraction of sp³-hybridized carbons (Fsp3) is 0.462. The number of para-hydroxylation sites is 1. The van der Waals surface area contributed by atoms with Gasteiger partial charge in [-0.1, -0.05) is 42.5 Å². The summed E-state index contributed by atoms with van der Waals surface area (Å²) in [6, 6.07) is 17.9. The minimum atomic E-state index is -0.595. The molecule has 3 aliphatic heterocycles. The molecule has 168 valence electrons. The average Bonchev–Trinajstić information content (AvgIpc) is 3.42. The SMILES string of the molecule is C[C@]12CN(Cc3ccccc3)C[C@H]1C(=O)N(CCN1CCCC1)c1ccccc1C(=O)N2. The number of carbonyl (C=O) groups is 2. The number of fused-ring (bicyclic) bond motifs is 2. The van der Waals surface area contributed by atoms with Crippen LogP contribution in [0.2, 0.25) is 0 Å². The van der Waals surface area contributed by atoms with Gasteiger partial charge in [-0.05, 0) is 50.6 Å². The van der Waals surface area contributed by atoms with Gasteiger partial charge < -0.3 is 15.1 Å². The van der Waals surface area contributed by atoms with Crippen molar-refractivity contribution in [2.75, 3.05) is 44.2 Å². The first-order chi connectivity index (χ1) is 15.5. The molecule has 0 saturated carbocycles. The lowest BCUT2D eigenvalue weighted by Crippen LogP contribution is -2.59. The zero-order valence-electron chi connectivity index (χ0n) is 18.8.